The van der Waals surface area contributed by atoms with E-state index in [1.165, 1.54) is 11.3 Å². The normalized spacial score (nSPS) is 22.7. The topological polar surface area (TPSA) is 104 Å². The predicted octanol–water partition coefficient (Wildman–Crippen LogP) is 2.72. The molecule has 2 aromatic heterocycles. The van der Waals surface area contributed by atoms with Crippen LogP contribution in [0.4, 0.5) is 4.79 Å². The Hall–Kier alpha value is -3.34. The molecule has 10 nitrogen and oxygen atoms in total. The Labute approximate surface area is 201 Å². The number of aromatic nitrogens is 3. The lowest BCUT2D eigenvalue weighted by Gasteiger charge is -2.39. The van der Waals surface area contributed by atoms with E-state index in [4.69, 9.17) is 27.2 Å². The quantitative estimate of drug-likeness (QED) is 0.594. The molecule has 0 spiro atoms. The fraction of sp³-hybridized carbons (Fsp3) is 0.348. The van der Waals surface area contributed by atoms with Crippen LogP contribution in [0.5, 0.6) is 0 Å². The number of carbonyl (C=O) groups is 1. The average Bonchev–Trinajstić information content (AvgIpc) is 3.31. The summed E-state index contributed by atoms with van der Waals surface area (Å²) >= 11 is 6.12. The van der Waals surface area contributed by atoms with E-state index >= 15 is 0 Å². The number of nitrogens with zero attached hydrogens (tertiary/aromatic N) is 6. The van der Waals surface area contributed by atoms with Crippen LogP contribution >= 0.6 is 11.6 Å². The molecule has 3 saturated heterocycles. The second-order valence-corrected chi connectivity index (χ2v) is 9.31. The highest BCUT2D eigenvalue weighted by atomic mass is 35.5. The third-order valence-electron chi connectivity index (χ3n) is 6.93. The number of carbonyl (C=O) groups excluding carboxylic acids is 1. The lowest BCUT2D eigenvalue weighted by molar-refractivity contribution is 0.0314. The van der Waals surface area contributed by atoms with Gasteiger partial charge in [-0.15, -0.1) is 0 Å². The molecule has 2 atom stereocenters. The zero-order valence-electron chi connectivity index (χ0n) is 18.5. The van der Waals surface area contributed by atoms with Gasteiger partial charge in [0.25, 0.3) is 0 Å². The molecule has 176 valence electrons. The summed E-state index contributed by atoms with van der Waals surface area (Å²) in [5, 5.41) is 1.95. The minimum Gasteiger partial charge on any atom is -0.392 e. The van der Waals surface area contributed by atoms with Crippen LogP contribution in [0.2, 0.25) is 5.02 Å². The Morgan fingerprint density at radius 3 is 2.82 bits per heavy atom. The summed E-state index contributed by atoms with van der Waals surface area (Å²) in [6, 6.07) is 9.96. The summed E-state index contributed by atoms with van der Waals surface area (Å²) < 4.78 is 2.06. The van der Waals surface area contributed by atoms with Crippen LogP contribution in [0.15, 0.2) is 54.8 Å². The number of fused-ring (bicyclic) bond motifs is 5. The Morgan fingerprint density at radius 1 is 1.21 bits per heavy atom. The Balaban J connectivity index is 1.30. The van der Waals surface area contributed by atoms with Gasteiger partial charge in [-0.25, -0.2) is 14.8 Å². The summed E-state index contributed by atoms with van der Waals surface area (Å²) in [5.41, 5.74) is 11.4. The molecule has 7 rings (SSSR count). The van der Waals surface area contributed by atoms with Gasteiger partial charge in [0, 0.05) is 54.7 Å². The molecule has 0 saturated carbocycles. The van der Waals surface area contributed by atoms with E-state index in [0.29, 0.717) is 29.9 Å². The number of piperidine rings is 1. The van der Waals surface area contributed by atoms with Crippen molar-refractivity contribution in [2.24, 2.45) is 5.73 Å². The van der Waals surface area contributed by atoms with Crippen LogP contribution in [0.25, 0.3) is 17.0 Å². The second kappa shape index (κ2) is 8.46. The third-order valence-corrected chi connectivity index (χ3v) is 7.18. The van der Waals surface area contributed by atoms with Crippen molar-refractivity contribution in [2.75, 3.05) is 13.1 Å². The second-order valence-electron chi connectivity index (χ2n) is 8.87. The van der Waals surface area contributed by atoms with Crippen LogP contribution in [-0.4, -0.2) is 60.4 Å². The van der Waals surface area contributed by atoms with E-state index in [1.807, 2.05) is 41.4 Å². The molecular formula is C23H25ClN8O2. The van der Waals surface area contributed by atoms with Crippen molar-refractivity contribution < 1.29 is 9.63 Å². The van der Waals surface area contributed by atoms with Crippen molar-refractivity contribution in [2.45, 2.75) is 37.9 Å². The number of hydrogen-bond acceptors (Lipinski definition) is 7. The minimum absolute atomic E-state index is 0.0951. The fourth-order valence-electron chi connectivity index (χ4n) is 5.22. The Kier molecular flexibility index (Phi) is 5.28. The van der Waals surface area contributed by atoms with Gasteiger partial charge in [-0.2, -0.15) is 5.01 Å². The van der Waals surface area contributed by atoms with Gasteiger partial charge in [-0.05, 0) is 37.5 Å². The lowest BCUT2D eigenvalue weighted by Crippen LogP contribution is -2.54. The molecule has 1 aromatic carbocycles. The van der Waals surface area contributed by atoms with Crippen LogP contribution in [-0.2, 0) is 11.4 Å². The largest absolute Gasteiger partial charge is 0.392 e. The number of nitrogens with one attached hydrogen (secondary N) is 1. The number of hydrazine groups is 1. The van der Waals surface area contributed by atoms with Crippen molar-refractivity contribution >= 4 is 23.4 Å². The number of urea groups is 1. The van der Waals surface area contributed by atoms with Crippen LogP contribution in [0.1, 0.15) is 25.0 Å². The SMILES string of the molecule is NC1=CONN1C(=O)N1CCC2CCC1CN2Cc1c(-c2ccc(Cl)cc2)nc2ncccn12. The van der Waals surface area contributed by atoms with Gasteiger partial charge in [-0.1, -0.05) is 29.3 Å². The highest BCUT2D eigenvalue weighted by molar-refractivity contribution is 6.30. The first-order valence-corrected chi connectivity index (χ1v) is 11.8. The van der Waals surface area contributed by atoms with Gasteiger partial charge in [-0.3, -0.25) is 9.30 Å². The number of rotatable bonds is 3. The van der Waals surface area contributed by atoms with E-state index in [2.05, 4.69) is 19.9 Å². The van der Waals surface area contributed by atoms with Crippen LogP contribution in [0.3, 0.4) is 0 Å². The van der Waals surface area contributed by atoms with Gasteiger partial charge < -0.3 is 15.5 Å². The third kappa shape index (κ3) is 3.64. The van der Waals surface area contributed by atoms with Crippen molar-refractivity contribution in [1.29, 1.82) is 0 Å². The molecule has 11 heteroatoms. The summed E-state index contributed by atoms with van der Waals surface area (Å²) in [7, 11) is 0. The van der Waals surface area contributed by atoms with Crippen molar-refractivity contribution in [1.82, 2.24) is 34.8 Å². The molecule has 3 aromatic rings. The minimum atomic E-state index is -0.181. The first-order chi connectivity index (χ1) is 16.6. The molecule has 2 unspecified atom stereocenters. The van der Waals surface area contributed by atoms with Crippen LogP contribution < -0.4 is 11.3 Å². The zero-order chi connectivity index (χ0) is 23.2. The van der Waals surface area contributed by atoms with Gasteiger partial charge in [0.2, 0.25) is 5.78 Å². The van der Waals surface area contributed by atoms with E-state index in [0.717, 1.165) is 42.8 Å². The molecule has 0 radical (unpaired) electrons. The molecule has 2 bridgehead atoms. The first kappa shape index (κ1) is 21.2. The molecule has 3 fully saturated rings. The first-order valence-electron chi connectivity index (χ1n) is 11.4. The summed E-state index contributed by atoms with van der Waals surface area (Å²) in [5.74, 6) is 0.924. The number of imidazole rings is 1. The molecule has 0 aliphatic carbocycles. The summed E-state index contributed by atoms with van der Waals surface area (Å²) in [4.78, 5) is 31.8. The lowest BCUT2D eigenvalue weighted by atomic mass is 9.98. The maximum absolute atomic E-state index is 13.2. The highest BCUT2D eigenvalue weighted by Crippen LogP contribution is 2.33. The molecule has 4 aliphatic heterocycles. The summed E-state index contributed by atoms with van der Waals surface area (Å²) in [6.45, 7) is 2.16. The van der Waals surface area contributed by atoms with E-state index in [-0.39, 0.29) is 17.9 Å². The zero-order valence-corrected chi connectivity index (χ0v) is 19.2. The number of nitrogens with two attached hydrogens (primary N) is 1. The smallest absolute Gasteiger partial charge is 0.343 e. The van der Waals surface area contributed by atoms with E-state index in [9.17, 15) is 4.79 Å². The molecular weight excluding hydrogens is 456 g/mol. The van der Waals surface area contributed by atoms with Gasteiger partial charge in [0.15, 0.2) is 12.1 Å². The molecule has 2 amide bonds. The molecule has 3 N–H and O–H groups in total. The maximum atomic E-state index is 13.2. The van der Waals surface area contributed by atoms with Gasteiger partial charge >= 0.3 is 6.03 Å². The van der Waals surface area contributed by atoms with E-state index < -0.39 is 0 Å². The van der Waals surface area contributed by atoms with Crippen molar-refractivity contribution in [3.8, 4) is 11.3 Å². The highest BCUT2D eigenvalue weighted by Gasteiger charge is 2.40. The average molecular weight is 481 g/mol. The van der Waals surface area contributed by atoms with Gasteiger partial charge in [0.05, 0.1) is 11.4 Å². The number of benzene rings is 1. The molecule has 34 heavy (non-hydrogen) atoms. The predicted molar refractivity (Wildman–Crippen MR) is 126 cm³/mol. The van der Waals surface area contributed by atoms with Crippen molar-refractivity contribution in [3.05, 3.63) is 65.5 Å². The van der Waals surface area contributed by atoms with Crippen molar-refractivity contribution in [3.63, 3.8) is 0 Å². The van der Waals surface area contributed by atoms with Gasteiger partial charge in [0.1, 0.15) is 0 Å². The fourth-order valence-corrected chi connectivity index (χ4v) is 5.34. The molecule has 4 aliphatic rings. The number of amides is 2. The molecule has 6 heterocycles. The standard InChI is InChI=1S/C23H25ClN8O2/c24-16-4-2-15(3-5-16)21-19(31-10-1-9-26-22(31)27-21)13-29-12-18-7-6-17(29)8-11-30(18)23(33)32-20(25)14-34-28-32/h1-5,9-10,14,17-18,28H,6-8,11-13,25H2. The Bertz CT molecular complexity index is 1260. The number of halogens is 1. The Morgan fingerprint density at radius 2 is 2.03 bits per heavy atom. The number of hydrogen-bond donors (Lipinski definition) is 2. The maximum Gasteiger partial charge on any atom is 0.343 e. The summed E-state index contributed by atoms with van der Waals surface area (Å²) in [6.07, 6.45) is 7.98. The monoisotopic (exact) mass is 480 g/mol. The van der Waals surface area contributed by atoms with Crippen LogP contribution in [0, 0.1) is 0 Å². The van der Waals surface area contributed by atoms with E-state index in [1.54, 1.807) is 6.20 Å².